The summed E-state index contributed by atoms with van der Waals surface area (Å²) in [6.07, 6.45) is -0.668. The summed E-state index contributed by atoms with van der Waals surface area (Å²) in [6.45, 7) is 6.69. The number of aromatic hydroxyl groups is 1. The molecule has 1 rings (SSSR count). The average Bonchev–Trinajstić information content (AvgIpc) is 2.21. The van der Waals surface area contributed by atoms with Crippen LogP contribution >= 0.6 is 0 Å². The van der Waals surface area contributed by atoms with Crippen molar-refractivity contribution in [3.8, 4) is 5.75 Å². The molecule has 1 aromatic carbocycles. The number of hydrogen-bond acceptors (Lipinski definition) is 4. The van der Waals surface area contributed by atoms with Gasteiger partial charge in [-0.2, -0.15) is 0 Å². The summed E-state index contributed by atoms with van der Waals surface area (Å²) < 4.78 is 5.07. The van der Waals surface area contributed by atoms with Crippen molar-refractivity contribution in [1.29, 1.82) is 0 Å². The fourth-order valence-corrected chi connectivity index (χ4v) is 1.42. The minimum Gasteiger partial charge on any atom is -0.507 e. The van der Waals surface area contributed by atoms with Gasteiger partial charge < -0.3 is 14.9 Å². The lowest BCUT2D eigenvalue weighted by Gasteiger charge is -2.20. The first-order chi connectivity index (χ1) is 8.61. The second-order valence-corrected chi connectivity index (χ2v) is 5.07. The Kier molecular flexibility index (Phi) is 4.04. The summed E-state index contributed by atoms with van der Waals surface area (Å²) >= 11 is 0. The molecule has 1 aromatic rings. The first-order valence-corrected chi connectivity index (χ1v) is 5.67. The Bertz CT molecular complexity index is 517. The molecular weight excluding hydrogens is 250 g/mol. The standard InChI is InChI=1S/C13H17NO5/c1-7-9(14-12(18)19-13(2,3)4)6-5-8(10(7)15)11(16)17/h5-6,15H,1-4H3,(H,14,18)(H,16,17). The van der Waals surface area contributed by atoms with Gasteiger partial charge in [-0.05, 0) is 39.8 Å². The van der Waals surface area contributed by atoms with Crippen molar-refractivity contribution in [2.75, 3.05) is 5.32 Å². The van der Waals surface area contributed by atoms with Gasteiger partial charge in [-0.1, -0.05) is 0 Å². The van der Waals surface area contributed by atoms with Gasteiger partial charge in [0.05, 0.1) is 5.69 Å². The van der Waals surface area contributed by atoms with Gasteiger partial charge >= 0.3 is 12.1 Å². The van der Waals surface area contributed by atoms with Gasteiger partial charge in [0.15, 0.2) is 0 Å². The Labute approximate surface area is 111 Å². The summed E-state index contributed by atoms with van der Waals surface area (Å²) in [5.74, 6) is -1.61. The lowest BCUT2D eigenvalue weighted by molar-refractivity contribution is 0.0634. The quantitative estimate of drug-likeness (QED) is 0.765. The molecule has 3 N–H and O–H groups in total. The van der Waals surface area contributed by atoms with Crippen LogP contribution < -0.4 is 5.32 Å². The van der Waals surface area contributed by atoms with Crippen LogP contribution in [0.25, 0.3) is 0 Å². The fourth-order valence-electron chi connectivity index (χ4n) is 1.42. The minimum atomic E-state index is -1.23. The van der Waals surface area contributed by atoms with Crippen molar-refractivity contribution >= 4 is 17.7 Å². The van der Waals surface area contributed by atoms with Gasteiger partial charge in [-0.25, -0.2) is 9.59 Å². The lowest BCUT2D eigenvalue weighted by atomic mass is 10.1. The Morgan fingerprint density at radius 1 is 1.26 bits per heavy atom. The number of hydrogen-bond donors (Lipinski definition) is 3. The van der Waals surface area contributed by atoms with Crippen molar-refractivity contribution < 1.29 is 24.5 Å². The topological polar surface area (TPSA) is 95.9 Å². The number of benzene rings is 1. The van der Waals surface area contributed by atoms with Gasteiger partial charge in [0.1, 0.15) is 16.9 Å². The smallest absolute Gasteiger partial charge is 0.412 e. The van der Waals surface area contributed by atoms with Crippen molar-refractivity contribution in [2.45, 2.75) is 33.3 Å². The van der Waals surface area contributed by atoms with Gasteiger partial charge in [0, 0.05) is 5.56 Å². The number of amides is 1. The van der Waals surface area contributed by atoms with Crippen molar-refractivity contribution in [3.05, 3.63) is 23.3 Å². The van der Waals surface area contributed by atoms with Crippen LogP contribution in [0.4, 0.5) is 10.5 Å². The highest BCUT2D eigenvalue weighted by molar-refractivity contribution is 5.94. The first kappa shape index (κ1) is 14.8. The molecule has 0 fully saturated rings. The Hall–Kier alpha value is -2.24. The summed E-state index contributed by atoms with van der Waals surface area (Å²) in [6, 6.07) is 2.62. The normalized spacial score (nSPS) is 10.9. The maximum Gasteiger partial charge on any atom is 0.412 e. The van der Waals surface area contributed by atoms with E-state index >= 15 is 0 Å². The van der Waals surface area contributed by atoms with E-state index in [-0.39, 0.29) is 16.9 Å². The molecule has 104 valence electrons. The van der Waals surface area contributed by atoms with Crippen LogP contribution in [-0.2, 0) is 4.74 Å². The number of rotatable bonds is 2. The molecule has 0 saturated heterocycles. The SMILES string of the molecule is Cc1c(NC(=O)OC(C)(C)C)ccc(C(=O)O)c1O. The molecule has 0 bridgehead atoms. The molecule has 0 unspecified atom stereocenters. The second kappa shape index (κ2) is 5.17. The summed E-state index contributed by atoms with van der Waals surface area (Å²) in [4.78, 5) is 22.4. The first-order valence-electron chi connectivity index (χ1n) is 5.67. The van der Waals surface area contributed by atoms with Gasteiger partial charge in [-0.15, -0.1) is 0 Å². The Balaban J connectivity index is 2.95. The molecule has 0 aliphatic rings. The zero-order valence-electron chi connectivity index (χ0n) is 11.3. The number of nitrogens with one attached hydrogen (secondary N) is 1. The highest BCUT2D eigenvalue weighted by Crippen LogP contribution is 2.29. The van der Waals surface area contributed by atoms with E-state index in [1.807, 2.05) is 0 Å². The summed E-state index contributed by atoms with van der Waals surface area (Å²) in [5, 5.41) is 21.0. The Morgan fingerprint density at radius 2 is 1.84 bits per heavy atom. The van der Waals surface area contributed by atoms with Crippen LogP contribution in [-0.4, -0.2) is 27.9 Å². The number of phenols is 1. The van der Waals surface area contributed by atoms with Crippen molar-refractivity contribution in [2.24, 2.45) is 0 Å². The van der Waals surface area contributed by atoms with Crippen LogP contribution in [0.15, 0.2) is 12.1 Å². The maximum atomic E-state index is 11.6. The highest BCUT2D eigenvalue weighted by atomic mass is 16.6. The van der Waals surface area contributed by atoms with Crippen LogP contribution in [0.1, 0.15) is 36.7 Å². The fraction of sp³-hybridized carbons (Fsp3) is 0.385. The van der Waals surface area contributed by atoms with E-state index in [0.717, 1.165) is 0 Å². The Morgan fingerprint density at radius 3 is 2.32 bits per heavy atom. The van der Waals surface area contributed by atoms with E-state index in [4.69, 9.17) is 9.84 Å². The molecule has 0 heterocycles. The van der Waals surface area contributed by atoms with E-state index in [0.29, 0.717) is 5.69 Å². The molecule has 0 radical (unpaired) electrons. The number of aromatic carboxylic acids is 1. The van der Waals surface area contributed by atoms with Crippen molar-refractivity contribution in [3.63, 3.8) is 0 Å². The third kappa shape index (κ3) is 3.87. The minimum absolute atomic E-state index is 0.216. The maximum absolute atomic E-state index is 11.6. The van der Waals surface area contributed by atoms with Gasteiger partial charge in [0.25, 0.3) is 0 Å². The van der Waals surface area contributed by atoms with E-state index in [1.54, 1.807) is 20.8 Å². The molecule has 19 heavy (non-hydrogen) atoms. The number of carbonyl (C=O) groups excluding carboxylic acids is 1. The van der Waals surface area contributed by atoms with Crippen molar-refractivity contribution in [1.82, 2.24) is 0 Å². The van der Waals surface area contributed by atoms with Gasteiger partial charge in [-0.3, -0.25) is 5.32 Å². The molecule has 0 atom stereocenters. The zero-order chi connectivity index (χ0) is 14.8. The molecule has 0 spiro atoms. The molecule has 0 saturated carbocycles. The van der Waals surface area contributed by atoms with Crippen LogP contribution in [0.3, 0.4) is 0 Å². The predicted octanol–water partition coefficient (Wildman–Crippen LogP) is 2.75. The third-order valence-electron chi connectivity index (χ3n) is 2.30. The molecule has 0 aromatic heterocycles. The lowest BCUT2D eigenvalue weighted by Crippen LogP contribution is -2.27. The monoisotopic (exact) mass is 267 g/mol. The molecule has 0 aliphatic carbocycles. The number of anilines is 1. The summed E-state index contributed by atoms with van der Waals surface area (Å²) in [7, 11) is 0. The van der Waals surface area contributed by atoms with Crippen LogP contribution in [0.2, 0.25) is 0 Å². The van der Waals surface area contributed by atoms with E-state index in [2.05, 4.69) is 5.32 Å². The number of carboxylic acid groups (broad SMARTS) is 1. The average molecular weight is 267 g/mol. The van der Waals surface area contributed by atoms with Crippen LogP contribution in [0.5, 0.6) is 5.75 Å². The van der Waals surface area contributed by atoms with Crippen LogP contribution in [0, 0.1) is 6.92 Å². The van der Waals surface area contributed by atoms with E-state index in [9.17, 15) is 14.7 Å². The third-order valence-corrected chi connectivity index (χ3v) is 2.30. The second-order valence-electron chi connectivity index (χ2n) is 5.07. The molecule has 1 amide bonds. The number of ether oxygens (including phenoxy) is 1. The summed E-state index contributed by atoms with van der Waals surface area (Å²) in [5.41, 5.74) is -0.282. The predicted molar refractivity (Wildman–Crippen MR) is 69.7 cm³/mol. The zero-order valence-corrected chi connectivity index (χ0v) is 11.3. The molecular formula is C13H17NO5. The highest BCUT2D eigenvalue weighted by Gasteiger charge is 2.19. The number of carboxylic acids is 1. The van der Waals surface area contributed by atoms with Gasteiger partial charge in [0.2, 0.25) is 0 Å². The van der Waals surface area contributed by atoms with E-state index < -0.39 is 17.7 Å². The number of carbonyl (C=O) groups is 2. The molecule has 6 heteroatoms. The largest absolute Gasteiger partial charge is 0.507 e. The van der Waals surface area contributed by atoms with E-state index in [1.165, 1.54) is 19.1 Å². The molecule has 6 nitrogen and oxygen atoms in total. The molecule has 0 aliphatic heterocycles.